The highest BCUT2D eigenvalue weighted by atomic mass is 35.6. The van der Waals surface area contributed by atoms with Crippen molar-refractivity contribution in [3.8, 4) is 0 Å². The molecule has 2 N–H and O–H groups in total. The Morgan fingerprint density at radius 3 is 2.07 bits per heavy atom. The summed E-state index contributed by atoms with van der Waals surface area (Å²) < 4.78 is 11.2. The molecule has 0 saturated carbocycles. The molecule has 7 nitrogen and oxygen atoms in total. The van der Waals surface area contributed by atoms with Gasteiger partial charge in [-0.05, 0) is 22.3 Å². The average Bonchev–Trinajstić information content (AvgIpc) is 3.02. The number of nitrogens with zero attached hydrogens (tertiary/aromatic N) is 2. The third-order valence-electron chi connectivity index (χ3n) is 8.24. The Labute approximate surface area is 268 Å². The molecule has 2 saturated heterocycles. The smallest absolute Gasteiger partial charge is 0.272 e. The maximum atomic E-state index is 11.9. The second-order valence-corrected chi connectivity index (χ2v) is 13.6. The second kappa shape index (κ2) is 14.7. The Morgan fingerprint density at radius 1 is 0.837 bits per heavy atom. The zero-order chi connectivity index (χ0) is 30.4. The molecule has 0 aromatic heterocycles. The number of piperazine rings is 1. The summed E-state index contributed by atoms with van der Waals surface area (Å²) in [7, 11) is 0. The largest absolute Gasteiger partial charge is 0.392 e. The van der Waals surface area contributed by atoms with Crippen LogP contribution in [0, 0.1) is 5.92 Å². The molecular weight excluding hydrogens is 609 g/mol. The molecule has 2 aliphatic heterocycles. The molecule has 3 aromatic carbocycles. The Hall–Kier alpha value is -2.20. The molecule has 2 aliphatic rings. The number of nitrogens with one attached hydrogen (secondary N) is 1. The molecule has 5 rings (SSSR count). The van der Waals surface area contributed by atoms with Gasteiger partial charge >= 0.3 is 0 Å². The minimum Gasteiger partial charge on any atom is -0.392 e. The van der Waals surface area contributed by atoms with Crippen molar-refractivity contribution in [1.82, 2.24) is 15.1 Å². The van der Waals surface area contributed by atoms with Crippen LogP contribution in [0.3, 0.4) is 0 Å². The number of halogens is 3. The number of hydrogen-bond acceptors (Lipinski definition) is 6. The number of ether oxygens (including phenoxy) is 2. The van der Waals surface area contributed by atoms with E-state index in [2.05, 4.69) is 52.4 Å². The molecule has 0 bridgehead atoms. The number of carbonyl (C=O) groups is 1. The molecule has 0 radical (unpaired) electrons. The Morgan fingerprint density at radius 2 is 1.44 bits per heavy atom. The van der Waals surface area contributed by atoms with E-state index in [1.807, 2.05) is 48.5 Å². The normalized spacial score (nSPS) is 23.7. The summed E-state index contributed by atoms with van der Waals surface area (Å²) in [5.41, 5.74) is 5.01. The molecule has 230 valence electrons. The van der Waals surface area contributed by atoms with Gasteiger partial charge in [0.15, 0.2) is 6.29 Å². The van der Waals surface area contributed by atoms with Crippen LogP contribution in [0.2, 0.25) is 0 Å². The number of rotatable bonds is 9. The van der Waals surface area contributed by atoms with E-state index in [-0.39, 0.29) is 31.3 Å². The maximum absolute atomic E-state index is 11.9. The molecule has 0 aliphatic carbocycles. The van der Waals surface area contributed by atoms with Crippen molar-refractivity contribution >= 4 is 40.7 Å². The molecule has 10 heteroatoms. The highest BCUT2D eigenvalue weighted by molar-refractivity contribution is 6.76. The lowest BCUT2D eigenvalue weighted by atomic mass is 9.90. The van der Waals surface area contributed by atoms with Crippen LogP contribution in [0.4, 0.5) is 0 Å². The van der Waals surface area contributed by atoms with Crippen LogP contribution < -0.4 is 5.32 Å². The molecular formula is C33H38Cl3N3O4. The summed E-state index contributed by atoms with van der Waals surface area (Å²) in [5, 5.41) is 12.2. The first-order valence-electron chi connectivity index (χ1n) is 14.6. The third-order valence-corrected chi connectivity index (χ3v) is 8.75. The fourth-order valence-electron chi connectivity index (χ4n) is 5.63. The topological polar surface area (TPSA) is 74.3 Å². The van der Waals surface area contributed by atoms with Gasteiger partial charge in [0.25, 0.3) is 9.70 Å². The maximum Gasteiger partial charge on any atom is 0.272 e. The van der Waals surface area contributed by atoms with Gasteiger partial charge in [0.2, 0.25) is 0 Å². The van der Waals surface area contributed by atoms with Gasteiger partial charge in [0.1, 0.15) is 0 Å². The average molecular weight is 647 g/mol. The molecule has 43 heavy (non-hydrogen) atoms. The SMILES string of the molecule is C[C@@H]1[C@H](CN2CCN(Cc3ccccc3)CC2)O[C@H](c2ccc(CNC(=O)C(Cl)(Cl)Cl)cc2)O[C@@H]1c1ccc(CO)cc1. The second-order valence-electron chi connectivity index (χ2n) is 11.3. The molecule has 2 fully saturated rings. The molecule has 3 aromatic rings. The molecule has 0 unspecified atom stereocenters. The van der Waals surface area contributed by atoms with Crippen molar-refractivity contribution in [1.29, 1.82) is 0 Å². The van der Waals surface area contributed by atoms with Crippen molar-refractivity contribution in [2.75, 3.05) is 32.7 Å². The summed E-state index contributed by atoms with van der Waals surface area (Å²) in [6, 6.07) is 26.3. The van der Waals surface area contributed by atoms with Gasteiger partial charge in [-0.3, -0.25) is 14.6 Å². The van der Waals surface area contributed by atoms with Gasteiger partial charge in [0.05, 0.1) is 18.8 Å². The van der Waals surface area contributed by atoms with E-state index < -0.39 is 16.0 Å². The highest BCUT2D eigenvalue weighted by Gasteiger charge is 2.39. The molecule has 4 atom stereocenters. The Bertz CT molecular complexity index is 1310. The van der Waals surface area contributed by atoms with E-state index >= 15 is 0 Å². The fraction of sp³-hybridized carbons (Fsp3) is 0.424. The zero-order valence-corrected chi connectivity index (χ0v) is 26.4. The van der Waals surface area contributed by atoms with E-state index in [1.54, 1.807) is 0 Å². The van der Waals surface area contributed by atoms with E-state index in [4.69, 9.17) is 44.3 Å². The van der Waals surface area contributed by atoms with Gasteiger partial charge in [-0.25, -0.2) is 0 Å². The fourth-order valence-corrected chi connectivity index (χ4v) is 5.83. The van der Waals surface area contributed by atoms with Gasteiger partial charge in [-0.1, -0.05) is 121 Å². The minimum absolute atomic E-state index is 0.000431. The van der Waals surface area contributed by atoms with Crippen LogP contribution in [-0.2, 0) is 34.0 Å². The summed E-state index contributed by atoms with van der Waals surface area (Å²) in [5.74, 6) is -0.566. The Kier molecular flexibility index (Phi) is 11.0. The van der Waals surface area contributed by atoms with Crippen LogP contribution in [0.1, 0.15) is 47.1 Å². The quantitative estimate of drug-likeness (QED) is 0.288. The lowest BCUT2D eigenvalue weighted by molar-refractivity contribution is -0.276. The van der Waals surface area contributed by atoms with Crippen molar-refractivity contribution < 1.29 is 19.4 Å². The summed E-state index contributed by atoms with van der Waals surface area (Å²) in [4.78, 5) is 16.9. The first kappa shape index (κ1) is 32.2. The molecule has 2 heterocycles. The van der Waals surface area contributed by atoms with Gasteiger partial charge in [-0.15, -0.1) is 0 Å². The summed E-state index contributed by atoms with van der Waals surface area (Å²) in [6.45, 7) is 8.19. The number of alkyl halides is 3. The highest BCUT2D eigenvalue weighted by Crippen LogP contribution is 2.42. The lowest BCUT2D eigenvalue weighted by Gasteiger charge is -2.44. The van der Waals surface area contributed by atoms with Crippen LogP contribution in [0.15, 0.2) is 78.9 Å². The first-order valence-corrected chi connectivity index (χ1v) is 15.8. The van der Waals surface area contributed by atoms with E-state index in [0.717, 1.165) is 61.5 Å². The third kappa shape index (κ3) is 8.71. The van der Waals surface area contributed by atoms with Crippen LogP contribution in [0.5, 0.6) is 0 Å². The van der Waals surface area contributed by atoms with Gasteiger partial charge in [-0.2, -0.15) is 0 Å². The monoisotopic (exact) mass is 645 g/mol. The molecule has 1 amide bonds. The number of amides is 1. The van der Waals surface area contributed by atoms with Crippen LogP contribution in [-0.4, -0.2) is 63.4 Å². The van der Waals surface area contributed by atoms with Gasteiger partial charge in [0, 0.05) is 57.3 Å². The number of aliphatic hydroxyl groups excluding tert-OH is 1. The summed E-state index contributed by atoms with van der Waals surface area (Å²) >= 11 is 17.0. The zero-order valence-electron chi connectivity index (χ0n) is 24.2. The number of hydrogen-bond donors (Lipinski definition) is 2. The first-order chi connectivity index (χ1) is 20.7. The molecule has 0 spiro atoms. The van der Waals surface area contributed by atoms with Crippen molar-refractivity contribution in [2.45, 2.75) is 48.9 Å². The van der Waals surface area contributed by atoms with Crippen molar-refractivity contribution in [3.05, 3.63) is 107 Å². The lowest BCUT2D eigenvalue weighted by Crippen LogP contribution is -2.51. The predicted molar refractivity (Wildman–Crippen MR) is 170 cm³/mol. The van der Waals surface area contributed by atoms with Crippen LogP contribution in [0.25, 0.3) is 0 Å². The standard InChI is InChI=1S/C33H38Cl3N3O4/c1-23-29(21-39-17-15-38(16-18-39)20-25-5-3-2-4-6-25)42-31(43-30(23)27-11-9-26(22-40)10-12-27)28-13-7-24(8-14-28)19-37-32(41)33(34,35)36/h2-14,23,29-31,40H,15-22H2,1H3,(H,37,41)/t23-,29+,30+,31+/m1/s1. The van der Waals surface area contributed by atoms with E-state index in [9.17, 15) is 9.90 Å². The van der Waals surface area contributed by atoms with Gasteiger partial charge < -0.3 is 19.9 Å². The minimum atomic E-state index is -2.01. The predicted octanol–water partition coefficient (Wildman–Crippen LogP) is 5.77. The summed E-state index contributed by atoms with van der Waals surface area (Å²) in [6.07, 6.45) is -0.794. The Balaban J connectivity index is 1.26. The van der Waals surface area contributed by atoms with Crippen molar-refractivity contribution in [3.63, 3.8) is 0 Å². The number of aliphatic hydroxyl groups is 1. The number of carbonyl (C=O) groups excluding carboxylic acids is 1. The van der Waals surface area contributed by atoms with Crippen LogP contribution >= 0.6 is 34.8 Å². The van der Waals surface area contributed by atoms with E-state index in [0.29, 0.717) is 0 Å². The van der Waals surface area contributed by atoms with Crippen molar-refractivity contribution in [2.24, 2.45) is 5.92 Å². The number of benzene rings is 3. The van der Waals surface area contributed by atoms with E-state index in [1.165, 1.54) is 5.56 Å².